The summed E-state index contributed by atoms with van der Waals surface area (Å²) in [5.41, 5.74) is 6.45. The van der Waals surface area contributed by atoms with E-state index in [0.717, 1.165) is 26.8 Å². The van der Waals surface area contributed by atoms with Gasteiger partial charge in [-0.15, -0.1) is 6.58 Å². The number of aromatic amines is 2. The van der Waals surface area contributed by atoms with Gasteiger partial charge in [0.1, 0.15) is 0 Å². The third-order valence-corrected chi connectivity index (χ3v) is 5.66. The Morgan fingerprint density at radius 1 is 0.906 bits per heavy atom. The van der Waals surface area contributed by atoms with Crippen molar-refractivity contribution in [1.82, 2.24) is 25.7 Å². The molecule has 2 aromatic carbocycles. The molecule has 4 aromatic rings. The van der Waals surface area contributed by atoms with Crippen LogP contribution in [-0.4, -0.2) is 38.4 Å². The third kappa shape index (κ3) is 3.09. The number of hydrogen-bond acceptors (Lipinski definition) is 3. The van der Waals surface area contributed by atoms with Crippen molar-refractivity contribution in [2.45, 2.75) is 0 Å². The fourth-order valence-corrected chi connectivity index (χ4v) is 4.17. The largest absolute Gasteiger partial charge is 0.361 e. The summed E-state index contributed by atoms with van der Waals surface area (Å²) in [4.78, 5) is 33.5. The van der Waals surface area contributed by atoms with E-state index in [1.807, 2.05) is 48.5 Å². The Labute approximate surface area is 188 Å². The maximum absolute atomic E-state index is 13.6. The number of para-hydroxylation sites is 2. The van der Waals surface area contributed by atoms with Crippen LogP contribution in [0.5, 0.6) is 0 Å². The number of aromatic nitrogens is 2. The van der Waals surface area contributed by atoms with Gasteiger partial charge in [0.25, 0.3) is 11.8 Å². The maximum Gasteiger partial charge on any atom is 0.281 e. The Balaban J connectivity index is 1.69. The number of nitrogens with zero attached hydrogens (tertiary/aromatic N) is 1. The highest BCUT2D eigenvalue weighted by Gasteiger charge is 2.42. The van der Waals surface area contributed by atoms with E-state index in [1.165, 1.54) is 0 Å². The van der Waals surface area contributed by atoms with Gasteiger partial charge in [-0.3, -0.25) is 15.0 Å². The van der Waals surface area contributed by atoms with Crippen molar-refractivity contribution >= 4 is 62.1 Å². The lowest BCUT2D eigenvalue weighted by molar-refractivity contribution is -0.138. The number of carbonyl (C=O) groups excluding carboxylic acids is 2. The standard InChI is InChI=1S/C24H19N5O2S/c1-2-11-25-24(32)28-29-22(30)20(16-12-26-18-9-5-3-7-14(16)18)21(23(29)31)17-13-27-19-10-6-4-8-15(17)19/h2-10,12-13,26-27H,1,11H2,(H2,25,28,32). The maximum atomic E-state index is 13.6. The minimum absolute atomic E-state index is 0.157. The Kier molecular flexibility index (Phi) is 4.84. The summed E-state index contributed by atoms with van der Waals surface area (Å²) < 4.78 is 0. The molecule has 0 radical (unpaired) electrons. The first-order valence-corrected chi connectivity index (χ1v) is 10.4. The number of nitrogens with one attached hydrogen (secondary N) is 4. The van der Waals surface area contributed by atoms with E-state index in [2.05, 4.69) is 27.3 Å². The molecule has 5 rings (SSSR count). The number of thiocarbonyl (C=S) groups is 1. The van der Waals surface area contributed by atoms with Crippen LogP contribution in [0.1, 0.15) is 11.1 Å². The minimum atomic E-state index is -0.470. The van der Waals surface area contributed by atoms with E-state index in [0.29, 0.717) is 28.8 Å². The summed E-state index contributed by atoms with van der Waals surface area (Å²) in [5, 5.41) is 5.72. The smallest absolute Gasteiger partial charge is 0.281 e. The van der Waals surface area contributed by atoms with Gasteiger partial charge in [-0.2, -0.15) is 5.01 Å². The van der Waals surface area contributed by atoms with Gasteiger partial charge < -0.3 is 15.3 Å². The van der Waals surface area contributed by atoms with Gasteiger partial charge in [-0.1, -0.05) is 42.5 Å². The molecule has 7 nitrogen and oxygen atoms in total. The Hall–Kier alpha value is -4.17. The number of carbonyl (C=O) groups is 2. The number of H-pyrrole nitrogens is 2. The predicted molar refractivity (Wildman–Crippen MR) is 129 cm³/mol. The molecule has 0 spiro atoms. The first kappa shape index (κ1) is 19.8. The van der Waals surface area contributed by atoms with Crippen molar-refractivity contribution in [3.8, 4) is 0 Å². The molecule has 1 aliphatic heterocycles. The molecule has 32 heavy (non-hydrogen) atoms. The van der Waals surface area contributed by atoms with Crippen molar-refractivity contribution in [3.63, 3.8) is 0 Å². The van der Waals surface area contributed by atoms with E-state index >= 15 is 0 Å². The molecule has 0 fully saturated rings. The van der Waals surface area contributed by atoms with Crippen LogP contribution >= 0.6 is 12.2 Å². The van der Waals surface area contributed by atoms with Gasteiger partial charge in [0.15, 0.2) is 5.11 Å². The van der Waals surface area contributed by atoms with E-state index < -0.39 is 11.8 Å². The summed E-state index contributed by atoms with van der Waals surface area (Å²) in [6.45, 7) is 4.03. The fourth-order valence-electron chi connectivity index (χ4n) is 3.99. The second-order valence-corrected chi connectivity index (χ2v) is 7.71. The van der Waals surface area contributed by atoms with Crippen LogP contribution in [0.25, 0.3) is 33.0 Å². The van der Waals surface area contributed by atoms with Gasteiger partial charge in [-0.05, 0) is 24.4 Å². The Morgan fingerprint density at radius 3 is 1.91 bits per heavy atom. The first-order valence-electron chi connectivity index (χ1n) is 10.0. The molecule has 0 saturated carbocycles. The zero-order chi connectivity index (χ0) is 22.2. The predicted octanol–water partition coefficient (Wildman–Crippen LogP) is 3.49. The molecule has 2 amide bonds. The Morgan fingerprint density at radius 2 is 1.41 bits per heavy atom. The SMILES string of the molecule is C=CCNC(=S)NN1C(=O)C(c2c[nH]c3ccccc23)=C(c2c[nH]c3ccccc23)C1=O. The quantitative estimate of drug-likeness (QED) is 0.216. The molecule has 4 N–H and O–H groups in total. The molecule has 158 valence electrons. The molecular weight excluding hydrogens is 422 g/mol. The van der Waals surface area contributed by atoms with E-state index in [1.54, 1.807) is 18.5 Å². The minimum Gasteiger partial charge on any atom is -0.361 e. The van der Waals surface area contributed by atoms with Gasteiger partial charge in [0.05, 0.1) is 11.1 Å². The molecule has 1 aliphatic rings. The van der Waals surface area contributed by atoms with Gasteiger partial charge in [-0.25, -0.2) is 0 Å². The summed E-state index contributed by atoms with van der Waals surface area (Å²) in [6.07, 6.45) is 5.16. The van der Waals surface area contributed by atoms with Crippen LogP contribution in [0, 0.1) is 0 Å². The number of benzene rings is 2. The van der Waals surface area contributed by atoms with Crippen LogP contribution in [0.2, 0.25) is 0 Å². The lowest BCUT2D eigenvalue weighted by atomic mass is 9.95. The average molecular weight is 442 g/mol. The molecule has 0 atom stereocenters. The number of fused-ring (bicyclic) bond motifs is 2. The molecule has 3 heterocycles. The molecule has 0 unspecified atom stereocenters. The zero-order valence-electron chi connectivity index (χ0n) is 16.9. The molecule has 8 heteroatoms. The van der Waals surface area contributed by atoms with Crippen molar-refractivity contribution < 1.29 is 9.59 Å². The summed E-state index contributed by atoms with van der Waals surface area (Å²) in [5.74, 6) is -0.939. The molecular formula is C24H19N5O2S. The zero-order valence-corrected chi connectivity index (χ0v) is 17.8. The molecule has 0 saturated heterocycles. The van der Waals surface area contributed by atoms with E-state index in [-0.39, 0.29) is 5.11 Å². The van der Waals surface area contributed by atoms with Crippen LogP contribution in [0.4, 0.5) is 0 Å². The van der Waals surface area contributed by atoms with Gasteiger partial charge in [0, 0.05) is 51.9 Å². The summed E-state index contributed by atoms with van der Waals surface area (Å²) in [7, 11) is 0. The van der Waals surface area contributed by atoms with Crippen LogP contribution < -0.4 is 10.7 Å². The lowest BCUT2D eigenvalue weighted by Crippen LogP contribution is -2.50. The van der Waals surface area contributed by atoms with Crippen molar-refractivity contribution in [1.29, 1.82) is 0 Å². The molecule has 0 bridgehead atoms. The highest BCUT2D eigenvalue weighted by atomic mass is 32.1. The van der Waals surface area contributed by atoms with Crippen LogP contribution in [0.15, 0.2) is 73.6 Å². The second kappa shape index (κ2) is 7.82. The number of imide groups is 1. The van der Waals surface area contributed by atoms with E-state index in [4.69, 9.17) is 12.2 Å². The normalized spacial score (nSPS) is 13.9. The summed E-state index contributed by atoms with van der Waals surface area (Å²) in [6, 6.07) is 15.3. The second-order valence-electron chi connectivity index (χ2n) is 7.30. The van der Waals surface area contributed by atoms with Gasteiger partial charge in [0.2, 0.25) is 0 Å². The van der Waals surface area contributed by atoms with Crippen molar-refractivity contribution in [2.24, 2.45) is 0 Å². The summed E-state index contributed by atoms with van der Waals surface area (Å²) >= 11 is 5.25. The van der Waals surface area contributed by atoms with Crippen molar-refractivity contribution in [3.05, 3.63) is 84.7 Å². The van der Waals surface area contributed by atoms with Gasteiger partial charge >= 0.3 is 0 Å². The highest BCUT2D eigenvalue weighted by Crippen LogP contribution is 2.39. The van der Waals surface area contributed by atoms with E-state index in [9.17, 15) is 9.59 Å². The van der Waals surface area contributed by atoms with Crippen LogP contribution in [0.3, 0.4) is 0 Å². The van der Waals surface area contributed by atoms with Crippen LogP contribution in [-0.2, 0) is 9.59 Å². The highest BCUT2D eigenvalue weighted by molar-refractivity contribution is 7.80. The monoisotopic (exact) mass is 441 g/mol. The third-order valence-electron chi connectivity index (χ3n) is 5.42. The molecule has 2 aromatic heterocycles. The number of hydrazine groups is 1. The topological polar surface area (TPSA) is 93.0 Å². The first-order chi connectivity index (χ1) is 15.6. The average Bonchev–Trinajstić information content (AvgIpc) is 3.48. The van der Waals surface area contributed by atoms with Crippen molar-refractivity contribution in [2.75, 3.05) is 6.54 Å². The number of hydrogen-bond donors (Lipinski definition) is 4. The Bertz CT molecular complexity index is 1350. The number of amides is 2. The lowest BCUT2D eigenvalue weighted by Gasteiger charge is -2.18. The number of rotatable bonds is 5. The fraction of sp³-hybridized carbons (Fsp3) is 0.0417. The molecule has 0 aliphatic carbocycles.